The minimum absolute atomic E-state index is 0.161. The van der Waals surface area contributed by atoms with Gasteiger partial charge >= 0.3 is 0 Å². The molecule has 90 valence electrons. The van der Waals surface area contributed by atoms with Gasteiger partial charge in [0.25, 0.3) is 0 Å². The summed E-state index contributed by atoms with van der Waals surface area (Å²) in [7, 11) is 0. The number of hydrogen-bond acceptors (Lipinski definition) is 2. The second kappa shape index (κ2) is 5.38. The Hall–Kier alpha value is -1.57. The van der Waals surface area contributed by atoms with Gasteiger partial charge in [0.05, 0.1) is 22.0 Å². The lowest BCUT2D eigenvalue weighted by atomic mass is 10.2. The van der Waals surface area contributed by atoms with Crippen LogP contribution in [-0.2, 0) is 0 Å². The molecule has 0 aliphatic heterocycles. The van der Waals surface area contributed by atoms with E-state index in [-0.39, 0.29) is 10.7 Å². The molecule has 2 aromatic carbocycles. The second-order valence-electron chi connectivity index (χ2n) is 3.50. The molecule has 0 saturated heterocycles. The number of anilines is 2. The molecule has 0 spiro atoms. The summed E-state index contributed by atoms with van der Waals surface area (Å²) in [4.78, 5) is 0. The van der Waals surface area contributed by atoms with E-state index in [1.807, 2.05) is 6.07 Å². The number of benzene rings is 2. The quantitative estimate of drug-likeness (QED) is 0.856. The summed E-state index contributed by atoms with van der Waals surface area (Å²) in [5.41, 5.74) is 1.06. The normalized spacial score (nSPS) is 9.89. The summed E-state index contributed by atoms with van der Waals surface area (Å²) in [6.45, 7) is 0. The molecule has 18 heavy (non-hydrogen) atoms. The Balaban J connectivity index is 2.48. The SMILES string of the molecule is N#Cc1c(Br)cccc1Nc1c(F)cccc1Cl. The highest BCUT2D eigenvalue weighted by molar-refractivity contribution is 9.10. The highest BCUT2D eigenvalue weighted by atomic mass is 79.9. The Bertz CT molecular complexity index is 617. The number of nitriles is 1. The molecule has 5 heteroatoms. The first-order valence-electron chi connectivity index (χ1n) is 5.03. The molecule has 0 aliphatic carbocycles. The molecule has 2 aromatic rings. The monoisotopic (exact) mass is 324 g/mol. The van der Waals surface area contributed by atoms with Crippen molar-refractivity contribution in [1.82, 2.24) is 0 Å². The van der Waals surface area contributed by atoms with Crippen LogP contribution in [0.4, 0.5) is 15.8 Å². The molecule has 0 aromatic heterocycles. The topological polar surface area (TPSA) is 35.8 Å². The van der Waals surface area contributed by atoms with Gasteiger partial charge < -0.3 is 5.32 Å². The molecule has 0 bridgehead atoms. The summed E-state index contributed by atoms with van der Waals surface area (Å²) in [6, 6.07) is 11.6. The average molecular weight is 326 g/mol. The summed E-state index contributed by atoms with van der Waals surface area (Å²) >= 11 is 9.19. The first kappa shape index (κ1) is 12.9. The fourth-order valence-corrected chi connectivity index (χ4v) is 2.16. The Morgan fingerprint density at radius 3 is 2.61 bits per heavy atom. The molecule has 0 aliphatic rings. The van der Waals surface area contributed by atoms with Crippen LogP contribution in [0.15, 0.2) is 40.9 Å². The molecule has 2 rings (SSSR count). The van der Waals surface area contributed by atoms with E-state index < -0.39 is 5.82 Å². The molecule has 0 fully saturated rings. The average Bonchev–Trinajstić information content (AvgIpc) is 2.34. The van der Waals surface area contributed by atoms with Crippen molar-refractivity contribution < 1.29 is 4.39 Å². The van der Waals surface area contributed by atoms with Crippen molar-refractivity contribution in [3.05, 3.63) is 57.3 Å². The van der Waals surface area contributed by atoms with Crippen LogP contribution in [0.1, 0.15) is 5.56 Å². The van der Waals surface area contributed by atoms with Gasteiger partial charge in [-0.15, -0.1) is 0 Å². The van der Waals surface area contributed by atoms with Crippen LogP contribution in [0, 0.1) is 17.1 Å². The number of hydrogen-bond donors (Lipinski definition) is 1. The second-order valence-corrected chi connectivity index (χ2v) is 4.76. The third-order valence-corrected chi connectivity index (χ3v) is 3.32. The van der Waals surface area contributed by atoms with Crippen molar-refractivity contribution in [3.8, 4) is 6.07 Å². The van der Waals surface area contributed by atoms with Gasteiger partial charge in [0.2, 0.25) is 0 Å². The zero-order valence-electron chi connectivity index (χ0n) is 9.05. The maximum absolute atomic E-state index is 13.6. The van der Waals surface area contributed by atoms with Crippen LogP contribution >= 0.6 is 27.5 Å². The van der Waals surface area contributed by atoms with Gasteiger partial charge in [-0.05, 0) is 40.2 Å². The number of halogens is 3. The lowest BCUT2D eigenvalue weighted by Crippen LogP contribution is -1.97. The molecule has 0 atom stereocenters. The van der Waals surface area contributed by atoms with Crippen molar-refractivity contribution >= 4 is 38.9 Å². The van der Waals surface area contributed by atoms with Gasteiger partial charge in [-0.1, -0.05) is 23.7 Å². The first-order chi connectivity index (χ1) is 8.63. The Labute approximate surface area is 117 Å². The van der Waals surface area contributed by atoms with Gasteiger partial charge in [0.1, 0.15) is 11.9 Å². The molecule has 0 heterocycles. The number of nitrogens with zero attached hydrogens (tertiary/aromatic N) is 1. The molecular weight excluding hydrogens is 319 g/mol. The Morgan fingerprint density at radius 2 is 1.94 bits per heavy atom. The number of para-hydroxylation sites is 1. The van der Waals surface area contributed by atoms with E-state index in [0.717, 1.165) is 0 Å². The van der Waals surface area contributed by atoms with E-state index in [0.29, 0.717) is 15.7 Å². The number of nitrogens with one attached hydrogen (secondary N) is 1. The van der Waals surface area contributed by atoms with Crippen molar-refractivity contribution in [2.24, 2.45) is 0 Å². The summed E-state index contributed by atoms with van der Waals surface area (Å²) < 4.78 is 14.3. The maximum Gasteiger partial charge on any atom is 0.148 e. The van der Waals surface area contributed by atoms with E-state index in [1.165, 1.54) is 12.1 Å². The van der Waals surface area contributed by atoms with E-state index in [9.17, 15) is 4.39 Å². The molecule has 0 saturated carbocycles. The van der Waals surface area contributed by atoms with Crippen molar-refractivity contribution in [3.63, 3.8) is 0 Å². The highest BCUT2D eigenvalue weighted by Gasteiger charge is 2.11. The van der Waals surface area contributed by atoms with Crippen LogP contribution in [0.25, 0.3) is 0 Å². The van der Waals surface area contributed by atoms with E-state index in [1.54, 1.807) is 24.3 Å². The molecule has 0 radical (unpaired) electrons. The summed E-state index contributed by atoms with van der Waals surface area (Å²) in [5.74, 6) is -0.466. The molecule has 2 nitrogen and oxygen atoms in total. The predicted octanol–water partition coefficient (Wildman–Crippen LogP) is 4.86. The van der Waals surface area contributed by atoms with Crippen molar-refractivity contribution in [1.29, 1.82) is 5.26 Å². The first-order valence-corrected chi connectivity index (χ1v) is 6.20. The maximum atomic E-state index is 13.6. The fourth-order valence-electron chi connectivity index (χ4n) is 1.49. The predicted molar refractivity (Wildman–Crippen MR) is 73.5 cm³/mol. The van der Waals surface area contributed by atoms with Crippen molar-refractivity contribution in [2.45, 2.75) is 0 Å². The summed E-state index contributed by atoms with van der Waals surface area (Å²) in [6.07, 6.45) is 0. The Morgan fingerprint density at radius 1 is 1.22 bits per heavy atom. The van der Waals surface area contributed by atoms with Gasteiger partial charge in [-0.2, -0.15) is 5.26 Å². The van der Waals surface area contributed by atoms with Crippen LogP contribution in [-0.4, -0.2) is 0 Å². The summed E-state index contributed by atoms with van der Waals surface area (Å²) in [5, 5.41) is 12.2. The lowest BCUT2D eigenvalue weighted by Gasteiger charge is -2.11. The van der Waals surface area contributed by atoms with E-state index >= 15 is 0 Å². The van der Waals surface area contributed by atoms with Gasteiger partial charge in [0.15, 0.2) is 0 Å². The van der Waals surface area contributed by atoms with E-state index in [2.05, 4.69) is 21.2 Å². The van der Waals surface area contributed by atoms with Crippen LogP contribution < -0.4 is 5.32 Å². The minimum atomic E-state index is -0.466. The van der Waals surface area contributed by atoms with Crippen LogP contribution in [0.3, 0.4) is 0 Å². The standard InChI is InChI=1S/C13H7BrClFN2/c14-9-3-1-6-12(8(9)7-17)18-13-10(15)4-2-5-11(13)16/h1-6,18H. The third kappa shape index (κ3) is 2.47. The third-order valence-electron chi connectivity index (χ3n) is 2.35. The smallest absolute Gasteiger partial charge is 0.148 e. The fraction of sp³-hybridized carbons (Fsp3) is 0. The zero-order valence-corrected chi connectivity index (χ0v) is 11.4. The van der Waals surface area contributed by atoms with Gasteiger partial charge in [-0.3, -0.25) is 0 Å². The largest absolute Gasteiger partial charge is 0.351 e. The van der Waals surface area contributed by atoms with Crippen molar-refractivity contribution in [2.75, 3.05) is 5.32 Å². The lowest BCUT2D eigenvalue weighted by molar-refractivity contribution is 0.632. The van der Waals surface area contributed by atoms with Gasteiger partial charge in [0, 0.05) is 4.47 Å². The Kier molecular flexibility index (Phi) is 3.85. The molecule has 1 N–H and O–H groups in total. The molecular formula is C13H7BrClFN2. The number of rotatable bonds is 2. The van der Waals surface area contributed by atoms with Crippen LogP contribution in [0.2, 0.25) is 5.02 Å². The van der Waals surface area contributed by atoms with Crippen LogP contribution in [0.5, 0.6) is 0 Å². The minimum Gasteiger partial charge on any atom is -0.351 e. The van der Waals surface area contributed by atoms with E-state index in [4.69, 9.17) is 16.9 Å². The molecule has 0 unspecified atom stereocenters. The zero-order chi connectivity index (χ0) is 13.1. The molecule has 0 amide bonds. The highest BCUT2D eigenvalue weighted by Crippen LogP contribution is 2.31. The van der Waals surface area contributed by atoms with Gasteiger partial charge in [-0.25, -0.2) is 4.39 Å².